The van der Waals surface area contributed by atoms with Crippen LogP contribution < -0.4 is 9.47 Å². The molecule has 0 atom stereocenters. The minimum atomic E-state index is -4.47. The van der Waals surface area contributed by atoms with Gasteiger partial charge in [-0.25, -0.2) is 9.59 Å². The zero-order valence-electron chi connectivity index (χ0n) is 17.7. The number of esters is 2. The number of fused-ring (bicyclic) bond motifs is 1. The minimum Gasteiger partial charge on any atom is -0.507 e. The Morgan fingerprint density at radius 2 is 1.31 bits per heavy atom. The molecule has 0 unspecified atom stereocenters. The molecule has 0 aliphatic heterocycles. The number of halogens is 3. The molecule has 0 saturated carbocycles. The Morgan fingerprint density at radius 1 is 0.750 bits per heavy atom. The minimum absolute atomic E-state index is 0.0122. The molecule has 0 spiro atoms. The number of hydrogen-bond donors (Lipinski definition) is 2. The van der Waals surface area contributed by atoms with E-state index in [1.807, 2.05) is 0 Å². The first kappa shape index (κ1) is 27.0. The maximum atomic E-state index is 13.2. The predicted molar refractivity (Wildman–Crippen MR) is 156 cm³/mol. The number of hydrogen-bond acceptors (Lipinski definition) is 7. The first-order chi connectivity index (χ1) is 17.0. The molecule has 0 aliphatic carbocycles. The monoisotopic (exact) mass is 842 g/mol. The summed E-state index contributed by atoms with van der Waals surface area (Å²) in [4.78, 5) is 25.9. The normalized spacial score (nSPS) is 11.3. The number of ether oxygens (including phenoxy) is 2. The van der Waals surface area contributed by atoms with Crippen LogP contribution in [0.3, 0.4) is 0 Å². The zero-order chi connectivity index (χ0) is 26.2. The van der Waals surface area contributed by atoms with Crippen molar-refractivity contribution in [3.8, 4) is 17.2 Å². The lowest BCUT2D eigenvalue weighted by Crippen LogP contribution is -2.14. The smallest absolute Gasteiger partial charge is 0.344 e. The van der Waals surface area contributed by atoms with Crippen molar-refractivity contribution in [3.05, 3.63) is 88.6 Å². The van der Waals surface area contributed by atoms with Gasteiger partial charge in [-0.3, -0.25) is 4.55 Å². The quantitative estimate of drug-likeness (QED) is 0.108. The Kier molecular flexibility index (Phi) is 8.08. The fourth-order valence-corrected chi connectivity index (χ4v) is 7.75. The van der Waals surface area contributed by atoms with E-state index in [4.69, 9.17) is 9.47 Å². The van der Waals surface area contributed by atoms with Gasteiger partial charge in [0.15, 0.2) is 0 Å². The largest absolute Gasteiger partial charge is 0.507 e. The molecule has 0 fully saturated rings. The molecule has 184 valence electrons. The summed E-state index contributed by atoms with van der Waals surface area (Å²) in [5.74, 6) is -1.39. The van der Waals surface area contributed by atoms with Crippen LogP contribution >= 0.6 is 67.8 Å². The molecule has 8 nitrogen and oxygen atoms in total. The van der Waals surface area contributed by atoms with Crippen molar-refractivity contribution in [2.45, 2.75) is 4.90 Å². The lowest BCUT2D eigenvalue weighted by atomic mass is 9.98. The SMILES string of the molecule is O=C(Oc1ccc(I)cc1)c1cccc2c(O)ccc(C(=O)Oc3cc(I)c(S(=O)(=O)O)c(I)c3)c12. The summed E-state index contributed by atoms with van der Waals surface area (Å²) in [5.41, 5.74) is 0.0293. The maximum absolute atomic E-state index is 13.2. The highest BCUT2D eigenvalue weighted by molar-refractivity contribution is 14.1. The summed E-state index contributed by atoms with van der Waals surface area (Å²) >= 11 is 5.55. The van der Waals surface area contributed by atoms with Gasteiger partial charge in [0.1, 0.15) is 22.1 Å². The number of carbonyl (C=O) groups excluding carboxylic acids is 2. The van der Waals surface area contributed by atoms with Crippen molar-refractivity contribution >= 4 is 101 Å². The van der Waals surface area contributed by atoms with Crippen molar-refractivity contribution in [2.75, 3.05) is 0 Å². The highest BCUT2D eigenvalue weighted by atomic mass is 127. The number of rotatable bonds is 5. The van der Waals surface area contributed by atoms with Crippen LogP contribution in [0.1, 0.15) is 20.7 Å². The van der Waals surface area contributed by atoms with Gasteiger partial charge in [0.05, 0.1) is 11.1 Å². The Hall–Kier alpha value is -2.02. The lowest BCUT2D eigenvalue weighted by molar-refractivity contribution is 0.0734. The number of aromatic hydroxyl groups is 1. The first-order valence-electron chi connectivity index (χ1n) is 9.87. The van der Waals surface area contributed by atoms with E-state index in [9.17, 15) is 27.7 Å². The van der Waals surface area contributed by atoms with Gasteiger partial charge < -0.3 is 14.6 Å². The van der Waals surface area contributed by atoms with Crippen molar-refractivity contribution in [1.29, 1.82) is 0 Å². The van der Waals surface area contributed by atoms with Crippen LogP contribution in [-0.2, 0) is 10.1 Å². The lowest BCUT2D eigenvalue weighted by Gasteiger charge is -2.13. The summed E-state index contributed by atoms with van der Waals surface area (Å²) < 4.78 is 44.9. The molecular formula is C24H13I3O8S. The molecule has 2 N–H and O–H groups in total. The molecule has 0 saturated heterocycles. The van der Waals surface area contributed by atoms with Crippen LogP contribution in [-0.4, -0.2) is 30.0 Å². The van der Waals surface area contributed by atoms with Gasteiger partial charge in [-0.1, -0.05) is 12.1 Å². The summed E-state index contributed by atoms with van der Waals surface area (Å²) in [5, 5.41) is 10.8. The Bertz CT molecular complexity index is 1610. The number of benzene rings is 4. The molecule has 4 rings (SSSR count). The molecule has 0 heterocycles. The van der Waals surface area contributed by atoms with Gasteiger partial charge in [-0.05, 0) is 122 Å². The van der Waals surface area contributed by atoms with E-state index in [0.717, 1.165) is 3.57 Å². The number of carbonyl (C=O) groups is 2. The van der Waals surface area contributed by atoms with Gasteiger partial charge in [0.2, 0.25) is 0 Å². The van der Waals surface area contributed by atoms with Crippen LogP contribution in [0.25, 0.3) is 10.8 Å². The van der Waals surface area contributed by atoms with Crippen LogP contribution in [0.5, 0.6) is 17.2 Å². The second-order valence-electron chi connectivity index (χ2n) is 7.28. The molecule has 36 heavy (non-hydrogen) atoms. The molecule has 4 aromatic carbocycles. The number of phenolic OH excluding ortho intramolecular Hbond substituents is 1. The fourth-order valence-electron chi connectivity index (χ4n) is 3.40. The molecule has 0 bridgehead atoms. The van der Waals surface area contributed by atoms with E-state index in [1.165, 1.54) is 30.3 Å². The molecule has 0 aromatic heterocycles. The van der Waals surface area contributed by atoms with E-state index in [-0.39, 0.29) is 45.4 Å². The van der Waals surface area contributed by atoms with E-state index in [0.29, 0.717) is 5.75 Å². The van der Waals surface area contributed by atoms with Crippen molar-refractivity contribution in [2.24, 2.45) is 0 Å². The maximum Gasteiger partial charge on any atom is 0.344 e. The highest BCUT2D eigenvalue weighted by Crippen LogP contribution is 2.33. The third kappa shape index (κ3) is 5.76. The van der Waals surface area contributed by atoms with Crippen LogP contribution in [0.2, 0.25) is 0 Å². The van der Waals surface area contributed by atoms with Crippen LogP contribution in [0.4, 0.5) is 0 Å². The second kappa shape index (κ2) is 10.8. The molecule has 12 heteroatoms. The number of phenols is 1. The standard InChI is InChI=1S/C24H13I3O8S/c25-12-4-6-13(7-5-12)34-23(29)16-3-1-2-15-20(28)9-8-17(21(15)16)24(30)35-14-10-18(26)22(19(27)11-14)36(31,32)33/h1-11,28H,(H,31,32,33). The van der Waals surface area contributed by atoms with E-state index >= 15 is 0 Å². The average Bonchev–Trinajstić information content (AvgIpc) is 2.79. The van der Waals surface area contributed by atoms with Gasteiger partial charge in [-0.2, -0.15) is 8.42 Å². The van der Waals surface area contributed by atoms with Crippen molar-refractivity contribution in [3.63, 3.8) is 0 Å². The van der Waals surface area contributed by atoms with Crippen molar-refractivity contribution < 1.29 is 37.1 Å². The van der Waals surface area contributed by atoms with E-state index in [2.05, 4.69) is 22.6 Å². The van der Waals surface area contributed by atoms with E-state index < -0.39 is 22.1 Å². The van der Waals surface area contributed by atoms with Crippen molar-refractivity contribution in [1.82, 2.24) is 0 Å². The summed E-state index contributed by atoms with van der Waals surface area (Å²) in [6, 6.07) is 16.6. The topological polar surface area (TPSA) is 127 Å². The van der Waals surface area contributed by atoms with Crippen LogP contribution in [0, 0.1) is 10.7 Å². The summed E-state index contributed by atoms with van der Waals surface area (Å²) in [6.07, 6.45) is 0. The third-order valence-electron chi connectivity index (χ3n) is 4.92. The predicted octanol–water partition coefficient (Wildman–Crippen LogP) is 6.04. The third-order valence-corrected chi connectivity index (χ3v) is 9.03. The van der Waals surface area contributed by atoms with Gasteiger partial charge in [-0.15, -0.1) is 0 Å². The first-order valence-corrected chi connectivity index (χ1v) is 14.5. The molecule has 0 radical (unpaired) electrons. The van der Waals surface area contributed by atoms with Gasteiger partial charge >= 0.3 is 11.9 Å². The fraction of sp³-hybridized carbons (Fsp3) is 0. The second-order valence-corrected chi connectivity index (χ2v) is 12.2. The molecular weight excluding hydrogens is 829 g/mol. The average molecular weight is 842 g/mol. The summed E-state index contributed by atoms with van der Waals surface area (Å²) in [6.45, 7) is 0. The molecule has 0 aliphatic rings. The van der Waals surface area contributed by atoms with Gasteiger partial charge in [0.25, 0.3) is 10.1 Å². The highest BCUT2D eigenvalue weighted by Gasteiger charge is 2.24. The van der Waals surface area contributed by atoms with Crippen LogP contribution in [0.15, 0.2) is 71.6 Å². The molecule has 4 aromatic rings. The van der Waals surface area contributed by atoms with Gasteiger partial charge in [0, 0.05) is 21.5 Å². The Balaban J connectivity index is 1.75. The zero-order valence-corrected chi connectivity index (χ0v) is 25.0. The Morgan fingerprint density at radius 3 is 1.89 bits per heavy atom. The molecule has 0 amide bonds. The summed E-state index contributed by atoms with van der Waals surface area (Å²) in [7, 11) is -4.47. The van der Waals surface area contributed by atoms with E-state index in [1.54, 1.807) is 81.6 Å². The Labute approximate surface area is 246 Å².